The van der Waals surface area contributed by atoms with Crippen LogP contribution in [-0.4, -0.2) is 9.78 Å². The molecule has 0 aliphatic rings. The van der Waals surface area contributed by atoms with Crippen molar-refractivity contribution in [3.63, 3.8) is 0 Å². The lowest BCUT2D eigenvalue weighted by molar-refractivity contribution is 0.626. The summed E-state index contributed by atoms with van der Waals surface area (Å²) in [6, 6.07) is 15.7. The normalized spacial score (nSPS) is 11.1. The van der Waals surface area contributed by atoms with Crippen molar-refractivity contribution in [3.8, 4) is 16.9 Å². The number of hydrogen-bond donors (Lipinski definition) is 0. The van der Waals surface area contributed by atoms with Crippen molar-refractivity contribution in [1.29, 1.82) is 0 Å². The van der Waals surface area contributed by atoms with Gasteiger partial charge in [0.05, 0.1) is 26.8 Å². The second-order valence-corrected chi connectivity index (χ2v) is 7.11. The molecule has 4 rings (SSSR count). The van der Waals surface area contributed by atoms with E-state index >= 15 is 0 Å². The predicted octanol–water partition coefficient (Wildman–Crippen LogP) is 6.15. The average molecular weight is 420 g/mol. The van der Waals surface area contributed by atoms with Crippen LogP contribution >= 0.6 is 34.8 Å². The van der Waals surface area contributed by atoms with Gasteiger partial charge in [0.25, 0.3) is 5.56 Å². The summed E-state index contributed by atoms with van der Waals surface area (Å²) in [7, 11) is 0. The van der Waals surface area contributed by atoms with Crippen molar-refractivity contribution in [2.24, 2.45) is 0 Å². The van der Waals surface area contributed by atoms with E-state index in [1.165, 1.54) is 35.0 Å². The maximum atomic E-state index is 13.3. The summed E-state index contributed by atoms with van der Waals surface area (Å²) in [5, 5.41) is 6.59. The highest BCUT2D eigenvalue weighted by molar-refractivity contribution is 6.43. The van der Waals surface area contributed by atoms with E-state index in [1.807, 2.05) is 0 Å². The van der Waals surface area contributed by atoms with Gasteiger partial charge in [0, 0.05) is 16.0 Å². The minimum atomic E-state index is -0.402. The van der Waals surface area contributed by atoms with E-state index in [2.05, 4.69) is 5.10 Å². The van der Waals surface area contributed by atoms with Crippen LogP contribution in [0.1, 0.15) is 0 Å². The summed E-state index contributed by atoms with van der Waals surface area (Å²) < 4.78 is 14.5. The molecule has 0 N–H and O–H groups in total. The van der Waals surface area contributed by atoms with Gasteiger partial charge in [-0.1, -0.05) is 46.9 Å². The minimum absolute atomic E-state index is 0.264. The third-order valence-electron chi connectivity index (χ3n) is 4.13. The Morgan fingerprint density at radius 1 is 0.815 bits per heavy atom. The van der Waals surface area contributed by atoms with Crippen molar-refractivity contribution >= 4 is 45.6 Å². The molecule has 0 atom stereocenters. The Labute approximate surface area is 168 Å². The molecule has 134 valence electrons. The highest BCUT2D eigenvalue weighted by Gasteiger charge is 2.16. The monoisotopic (exact) mass is 418 g/mol. The molecule has 0 bridgehead atoms. The van der Waals surface area contributed by atoms with Gasteiger partial charge in [0.1, 0.15) is 5.82 Å². The van der Waals surface area contributed by atoms with Gasteiger partial charge < -0.3 is 0 Å². The lowest BCUT2D eigenvalue weighted by Gasteiger charge is -2.12. The number of rotatable bonds is 2. The van der Waals surface area contributed by atoms with E-state index in [4.69, 9.17) is 34.8 Å². The summed E-state index contributed by atoms with van der Waals surface area (Å²) in [6.07, 6.45) is 0. The Bertz CT molecular complexity index is 1220. The second-order valence-electron chi connectivity index (χ2n) is 5.86. The molecule has 0 fully saturated rings. The molecule has 0 saturated carbocycles. The maximum Gasteiger partial charge on any atom is 0.279 e. The average Bonchev–Trinajstić information content (AvgIpc) is 2.66. The van der Waals surface area contributed by atoms with Crippen LogP contribution in [0, 0.1) is 5.82 Å². The predicted molar refractivity (Wildman–Crippen MR) is 108 cm³/mol. The smallest absolute Gasteiger partial charge is 0.267 e. The molecule has 0 saturated heterocycles. The largest absolute Gasteiger partial charge is 0.279 e. The zero-order valence-electron chi connectivity index (χ0n) is 13.6. The van der Waals surface area contributed by atoms with Gasteiger partial charge in [-0.2, -0.15) is 9.78 Å². The van der Waals surface area contributed by atoms with E-state index < -0.39 is 5.82 Å². The molecule has 4 aromatic rings. The van der Waals surface area contributed by atoms with Crippen LogP contribution in [0.3, 0.4) is 0 Å². The topological polar surface area (TPSA) is 34.9 Å². The fraction of sp³-hybridized carbons (Fsp3) is 0. The van der Waals surface area contributed by atoms with Crippen molar-refractivity contribution in [1.82, 2.24) is 9.78 Å². The highest BCUT2D eigenvalue weighted by atomic mass is 35.5. The van der Waals surface area contributed by atoms with Crippen LogP contribution in [0.25, 0.3) is 27.7 Å². The Morgan fingerprint density at radius 2 is 1.41 bits per heavy atom. The summed E-state index contributed by atoms with van der Waals surface area (Å²) in [6.45, 7) is 0. The maximum absolute atomic E-state index is 13.3. The molecule has 3 nitrogen and oxygen atoms in total. The van der Waals surface area contributed by atoms with Crippen LogP contribution in [0.15, 0.2) is 65.5 Å². The standard InChI is InChI=1S/C20H10Cl3FN2O/c21-12-3-1-11(2-4-12)19-15-9-17(22)18(23)10-16(15)20(27)26(25-19)14-7-5-13(24)6-8-14/h1-10H. The van der Waals surface area contributed by atoms with Crippen LogP contribution in [-0.2, 0) is 0 Å². The van der Waals surface area contributed by atoms with Crippen molar-refractivity contribution in [2.45, 2.75) is 0 Å². The lowest BCUT2D eigenvalue weighted by atomic mass is 10.0. The molecule has 0 aliphatic carbocycles. The van der Waals surface area contributed by atoms with Crippen molar-refractivity contribution in [2.75, 3.05) is 0 Å². The Hall–Kier alpha value is -2.40. The third-order valence-corrected chi connectivity index (χ3v) is 5.10. The molecule has 0 spiro atoms. The number of hydrogen-bond acceptors (Lipinski definition) is 2. The van der Waals surface area contributed by atoms with Gasteiger partial charge in [-0.15, -0.1) is 0 Å². The molecule has 7 heteroatoms. The van der Waals surface area contributed by atoms with Crippen LogP contribution in [0.5, 0.6) is 0 Å². The van der Waals surface area contributed by atoms with Crippen molar-refractivity contribution in [3.05, 3.63) is 91.9 Å². The molecule has 1 heterocycles. The number of aromatic nitrogens is 2. The summed E-state index contributed by atoms with van der Waals surface area (Å²) in [5.74, 6) is -0.402. The van der Waals surface area contributed by atoms with E-state index in [0.717, 1.165) is 5.56 Å². The first-order chi connectivity index (χ1) is 12.9. The first-order valence-electron chi connectivity index (χ1n) is 7.88. The Balaban J connectivity index is 2.10. The number of benzene rings is 3. The Kier molecular flexibility index (Phi) is 4.64. The summed E-state index contributed by atoms with van der Waals surface area (Å²) in [4.78, 5) is 13.0. The zero-order chi connectivity index (χ0) is 19.1. The molecule has 27 heavy (non-hydrogen) atoms. The third kappa shape index (κ3) is 3.32. The van der Waals surface area contributed by atoms with Crippen LogP contribution in [0.4, 0.5) is 4.39 Å². The second kappa shape index (κ2) is 6.97. The molecule has 0 aliphatic heterocycles. The van der Waals surface area contributed by atoms with E-state index in [-0.39, 0.29) is 10.6 Å². The first kappa shape index (κ1) is 18.0. The van der Waals surface area contributed by atoms with Gasteiger partial charge in [0.15, 0.2) is 0 Å². The zero-order valence-corrected chi connectivity index (χ0v) is 15.9. The van der Waals surface area contributed by atoms with Crippen LogP contribution < -0.4 is 5.56 Å². The lowest BCUT2D eigenvalue weighted by Crippen LogP contribution is -2.22. The number of halogens is 4. The van der Waals surface area contributed by atoms with Gasteiger partial charge in [-0.3, -0.25) is 4.79 Å². The molecular formula is C20H10Cl3FN2O. The molecule has 0 amide bonds. The van der Waals surface area contributed by atoms with Crippen molar-refractivity contribution < 1.29 is 4.39 Å². The fourth-order valence-corrected chi connectivity index (χ4v) is 3.26. The minimum Gasteiger partial charge on any atom is -0.267 e. The SMILES string of the molecule is O=c1c2cc(Cl)c(Cl)cc2c(-c2ccc(Cl)cc2)nn1-c1ccc(F)cc1. The highest BCUT2D eigenvalue weighted by Crippen LogP contribution is 2.32. The van der Waals surface area contributed by atoms with E-state index in [1.54, 1.807) is 30.3 Å². The van der Waals surface area contributed by atoms with Gasteiger partial charge in [-0.05, 0) is 48.5 Å². The van der Waals surface area contributed by atoms with E-state index in [9.17, 15) is 9.18 Å². The summed E-state index contributed by atoms with van der Waals surface area (Å²) >= 11 is 18.3. The van der Waals surface area contributed by atoms with Gasteiger partial charge >= 0.3 is 0 Å². The van der Waals surface area contributed by atoms with Gasteiger partial charge in [-0.25, -0.2) is 4.39 Å². The van der Waals surface area contributed by atoms with Gasteiger partial charge in [0.2, 0.25) is 0 Å². The first-order valence-corrected chi connectivity index (χ1v) is 9.01. The number of nitrogens with zero attached hydrogens (tertiary/aromatic N) is 2. The molecule has 0 radical (unpaired) electrons. The molecule has 1 aromatic heterocycles. The fourth-order valence-electron chi connectivity index (χ4n) is 2.81. The molecular weight excluding hydrogens is 410 g/mol. The summed E-state index contributed by atoms with van der Waals surface area (Å²) in [5.41, 5.74) is 1.33. The molecule has 0 unspecified atom stereocenters. The van der Waals surface area contributed by atoms with Crippen LogP contribution in [0.2, 0.25) is 15.1 Å². The molecule has 3 aromatic carbocycles. The number of fused-ring (bicyclic) bond motifs is 1. The van der Waals surface area contributed by atoms with E-state index in [0.29, 0.717) is 32.2 Å². The Morgan fingerprint density at radius 3 is 2.04 bits per heavy atom. The quantitative estimate of drug-likeness (QED) is 0.390.